The smallest absolute Gasteiger partial charge is 0.0764 e. The van der Waals surface area contributed by atoms with Crippen LogP contribution in [0.2, 0.25) is 19.6 Å². The molecule has 0 saturated carbocycles. The molecule has 0 amide bonds. The molecule has 0 rings (SSSR count). The van der Waals surface area contributed by atoms with Gasteiger partial charge in [0.15, 0.2) is 0 Å². The van der Waals surface area contributed by atoms with E-state index in [1.807, 2.05) is 0 Å². The Balaban J connectivity index is 4.36. The summed E-state index contributed by atoms with van der Waals surface area (Å²) >= 11 is 2.46. The highest BCUT2D eigenvalue weighted by Gasteiger charge is 2.15. The van der Waals surface area contributed by atoms with Crippen molar-refractivity contribution in [3.8, 4) is 0 Å². The van der Waals surface area contributed by atoms with E-state index in [0.717, 1.165) is 0 Å². The van der Waals surface area contributed by atoms with Gasteiger partial charge in [-0.2, -0.15) is 0 Å². The maximum atomic E-state index is 2.46. The molecule has 0 saturated heterocycles. The molecule has 0 aromatic carbocycles. The molecule has 0 unspecified atom stereocenters. The second-order valence-electron chi connectivity index (χ2n) is 4.01. The standard InChI is InChI=1S/C9H17ISi/c1-8(2)6-7-9(10)11(3,4)5/h6-7H,1-5H3/b9-7-. The summed E-state index contributed by atoms with van der Waals surface area (Å²) in [4.78, 5) is 0. The van der Waals surface area contributed by atoms with Gasteiger partial charge in [0.05, 0.1) is 8.07 Å². The first kappa shape index (κ1) is 11.4. The highest BCUT2D eigenvalue weighted by molar-refractivity contribution is 14.1. The summed E-state index contributed by atoms with van der Waals surface area (Å²) in [6.45, 7) is 11.4. The van der Waals surface area contributed by atoms with E-state index in [1.165, 1.54) is 8.78 Å². The third kappa shape index (κ3) is 5.67. The second kappa shape index (κ2) is 4.45. The van der Waals surface area contributed by atoms with Crippen molar-refractivity contribution >= 4 is 30.7 Å². The van der Waals surface area contributed by atoms with Crippen molar-refractivity contribution in [1.29, 1.82) is 0 Å². The van der Waals surface area contributed by atoms with Crippen LogP contribution < -0.4 is 0 Å². The van der Waals surface area contributed by atoms with E-state index in [2.05, 4.69) is 68.2 Å². The van der Waals surface area contributed by atoms with Gasteiger partial charge in [0, 0.05) is 0 Å². The lowest BCUT2D eigenvalue weighted by Crippen LogP contribution is -2.19. The highest BCUT2D eigenvalue weighted by Crippen LogP contribution is 2.21. The Labute approximate surface area is 84.9 Å². The average Bonchev–Trinajstić information content (AvgIpc) is 1.80. The Hall–Kier alpha value is 0.427. The van der Waals surface area contributed by atoms with Crippen LogP contribution >= 0.6 is 22.6 Å². The van der Waals surface area contributed by atoms with Crippen LogP contribution in [0.4, 0.5) is 0 Å². The molecule has 64 valence electrons. The van der Waals surface area contributed by atoms with E-state index in [0.29, 0.717) is 0 Å². The van der Waals surface area contributed by atoms with E-state index < -0.39 is 8.07 Å². The molecule has 0 fully saturated rings. The van der Waals surface area contributed by atoms with Gasteiger partial charge in [-0.15, -0.1) is 0 Å². The van der Waals surface area contributed by atoms with Crippen LogP contribution in [0.1, 0.15) is 13.8 Å². The minimum Gasteiger partial charge on any atom is -0.0764 e. The fourth-order valence-corrected chi connectivity index (χ4v) is 1.25. The topological polar surface area (TPSA) is 0 Å². The maximum absolute atomic E-state index is 2.46. The summed E-state index contributed by atoms with van der Waals surface area (Å²) in [6, 6.07) is 0. The Kier molecular flexibility index (Phi) is 4.62. The largest absolute Gasteiger partial charge is 0.0854 e. The Morgan fingerprint density at radius 1 is 1.09 bits per heavy atom. The van der Waals surface area contributed by atoms with Gasteiger partial charge in [-0.05, 0) is 17.1 Å². The van der Waals surface area contributed by atoms with E-state index in [1.54, 1.807) is 0 Å². The van der Waals surface area contributed by atoms with Gasteiger partial charge < -0.3 is 0 Å². The molecule has 0 aliphatic rings. The van der Waals surface area contributed by atoms with Gasteiger partial charge in [-0.1, -0.05) is 60.0 Å². The number of halogens is 1. The van der Waals surface area contributed by atoms with Gasteiger partial charge in [0.2, 0.25) is 0 Å². The molecule has 11 heavy (non-hydrogen) atoms. The van der Waals surface area contributed by atoms with Crippen LogP contribution in [-0.4, -0.2) is 8.07 Å². The first-order valence-corrected chi connectivity index (χ1v) is 8.43. The minimum atomic E-state index is -1.02. The molecule has 0 atom stereocenters. The third-order valence-corrected chi connectivity index (χ3v) is 8.09. The van der Waals surface area contributed by atoms with Gasteiger partial charge >= 0.3 is 0 Å². The molecule has 0 spiro atoms. The van der Waals surface area contributed by atoms with E-state index in [-0.39, 0.29) is 0 Å². The molecule has 2 heteroatoms. The number of hydrogen-bond acceptors (Lipinski definition) is 0. The SMILES string of the molecule is CC(C)=C/C=C(/I)[Si](C)(C)C. The van der Waals surface area contributed by atoms with E-state index in [4.69, 9.17) is 0 Å². The molecule has 0 aromatic rings. The van der Waals surface area contributed by atoms with E-state index >= 15 is 0 Å². The summed E-state index contributed by atoms with van der Waals surface area (Å²) in [6.07, 6.45) is 4.45. The Morgan fingerprint density at radius 3 is 1.82 bits per heavy atom. The van der Waals surface area contributed by atoms with Crippen molar-refractivity contribution < 1.29 is 0 Å². The fraction of sp³-hybridized carbons (Fsp3) is 0.556. The van der Waals surface area contributed by atoms with Gasteiger partial charge in [-0.3, -0.25) is 0 Å². The predicted molar refractivity (Wildman–Crippen MR) is 64.9 cm³/mol. The van der Waals surface area contributed by atoms with Crippen LogP contribution in [0.25, 0.3) is 0 Å². The third-order valence-electron chi connectivity index (χ3n) is 1.28. The lowest BCUT2D eigenvalue weighted by atomic mass is 10.3. The molecule has 0 aliphatic heterocycles. The highest BCUT2D eigenvalue weighted by atomic mass is 127. The Bertz CT molecular complexity index is 180. The number of rotatable bonds is 2. The lowest BCUT2D eigenvalue weighted by Gasteiger charge is -2.14. The zero-order valence-corrected chi connectivity index (χ0v) is 11.2. The average molecular weight is 280 g/mol. The maximum Gasteiger partial charge on any atom is 0.0854 e. The monoisotopic (exact) mass is 280 g/mol. The van der Waals surface area contributed by atoms with E-state index in [9.17, 15) is 0 Å². The lowest BCUT2D eigenvalue weighted by molar-refractivity contribution is 1.39. The normalized spacial score (nSPS) is 13.1. The van der Waals surface area contributed by atoms with Gasteiger partial charge in [0.1, 0.15) is 0 Å². The molecule has 0 aliphatic carbocycles. The summed E-state index contributed by atoms with van der Waals surface area (Å²) in [5.74, 6) is 0. The molecule has 0 bridgehead atoms. The Morgan fingerprint density at radius 2 is 1.55 bits per heavy atom. The van der Waals surface area contributed by atoms with Crippen molar-refractivity contribution in [1.82, 2.24) is 0 Å². The van der Waals surface area contributed by atoms with Crippen LogP contribution in [-0.2, 0) is 0 Å². The molecule has 0 radical (unpaired) electrons. The van der Waals surface area contributed by atoms with Crippen molar-refractivity contribution in [3.05, 3.63) is 20.9 Å². The van der Waals surface area contributed by atoms with Crippen LogP contribution in [0.15, 0.2) is 20.9 Å². The molecule has 0 nitrogen and oxygen atoms in total. The molecular formula is C9H17ISi. The van der Waals surface area contributed by atoms with Crippen LogP contribution in [0.5, 0.6) is 0 Å². The summed E-state index contributed by atoms with van der Waals surface area (Å²) in [7, 11) is -1.02. The molecular weight excluding hydrogens is 263 g/mol. The molecule has 0 heterocycles. The fourth-order valence-electron chi connectivity index (χ4n) is 0.490. The van der Waals surface area contributed by atoms with Crippen molar-refractivity contribution in [2.75, 3.05) is 0 Å². The zero-order chi connectivity index (χ0) is 9.07. The molecule has 0 N–H and O–H groups in total. The summed E-state index contributed by atoms with van der Waals surface area (Å²) in [5, 5.41) is 0. The summed E-state index contributed by atoms with van der Waals surface area (Å²) in [5.41, 5.74) is 1.37. The minimum absolute atomic E-state index is 1.02. The first-order chi connectivity index (χ1) is 4.84. The van der Waals surface area contributed by atoms with Crippen molar-refractivity contribution in [3.63, 3.8) is 0 Å². The van der Waals surface area contributed by atoms with Gasteiger partial charge in [-0.25, -0.2) is 0 Å². The van der Waals surface area contributed by atoms with Gasteiger partial charge in [0.25, 0.3) is 0 Å². The zero-order valence-electron chi connectivity index (χ0n) is 8.03. The first-order valence-electron chi connectivity index (χ1n) is 3.85. The predicted octanol–water partition coefficient (Wildman–Crippen LogP) is 4.15. The van der Waals surface area contributed by atoms with Crippen molar-refractivity contribution in [2.24, 2.45) is 0 Å². The molecule has 0 aromatic heterocycles. The van der Waals surface area contributed by atoms with Crippen molar-refractivity contribution in [2.45, 2.75) is 33.5 Å². The number of allylic oxidation sites excluding steroid dienone is 3. The van der Waals surface area contributed by atoms with Crippen LogP contribution in [0.3, 0.4) is 0 Å². The van der Waals surface area contributed by atoms with Crippen LogP contribution in [0, 0.1) is 0 Å². The quantitative estimate of drug-likeness (QED) is 0.405. The summed E-state index contributed by atoms with van der Waals surface area (Å²) < 4.78 is 1.54. The number of hydrogen-bond donors (Lipinski definition) is 0. The second-order valence-corrected chi connectivity index (χ2v) is 11.2.